The molecule has 29 heavy (non-hydrogen) atoms. The number of carbonyl (C=O) groups excluding carboxylic acids is 3. The summed E-state index contributed by atoms with van der Waals surface area (Å²) in [5, 5.41) is 9.39. The van der Waals surface area contributed by atoms with E-state index in [0.717, 1.165) is 19.3 Å². The first-order valence-electron chi connectivity index (χ1n) is 10.3. The summed E-state index contributed by atoms with van der Waals surface area (Å²) in [5.41, 5.74) is 0.0268. The third kappa shape index (κ3) is 2.19. The molecule has 152 valence electrons. The monoisotopic (exact) mass is 396 g/mol. The quantitative estimate of drug-likeness (QED) is 0.837. The predicted octanol–water partition coefficient (Wildman–Crippen LogP) is 1.50. The summed E-state index contributed by atoms with van der Waals surface area (Å²) >= 11 is 0. The van der Waals surface area contributed by atoms with E-state index in [-0.39, 0.29) is 48.2 Å². The van der Waals surface area contributed by atoms with E-state index >= 15 is 0 Å². The summed E-state index contributed by atoms with van der Waals surface area (Å²) in [4.78, 5) is 43.8. The standard InChI is InChI=1S/C22H24N2O5/c1-23-15-9-4-3-8-14(15)22(21(23)28)17-18(26)13-7-2-5-10-16(13)29-19(17)20(27)24(22)11-6-12-25/h3-4,8-9,13,16,25H,2,5-7,10-12H2,1H3. The Morgan fingerprint density at radius 1 is 1.17 bits per heavy atom. The molecule has 4 aliphatic rings. The molecule has 7 nitrogen and oxygen atoms in total. The largest absolute Gasteiger partial charge is 0.483 e. The highest BCUT2D eigenvalue weighted by molar-refractivity contribution is 6.23. The zero-order valence-corrected chi connectivity index (χ0v) is 16.4. The average Bonchev–Trinajstić information content (AvgIpc) is 3.12. The van der Waals surface area contributed by atoms with Gasteiger partial charge in [0.25, 0.3) is 11.8 Å². The van der Waals surface area contributed by atoms with Gasteiger partial charge < -0.3 is 19.6 Å². The lowest BCUT2D eigenvalue weighted by Crippen LogP contribution is -2.54. The van der Waals surface area contributed by atoms with Gasteiger partial charge in [-0.15, -0.1) is 0 Å². The van der Waals surface area contributed by atoms with Crippen LogP contribution in [0.3, 0.4) is 0 Å². The van der Waals surface area contributed by atoms with Gasteiger partial charge in [0.15, 0.2) is 17.1 Å². The first-order chi connectivity index (χ1) is 14.0. The van der Waals surface area contributed by atoms with Crippen LogP contribution in [0.25, 0.3) is 0 Å². The Balaban J connectivity index is 1.75. The Kier molecular flexibility index (Phi) is 4.07. The minimum atomic E-state index is -1.49. The number of amides is 2. The molecule has 0 aromatic heterocycles. The van der Waals surface area contributed by atoms with Gasteiger partial charge in [-0.3, -0.25) is 14.4 Å². The van der Waals surface area contributed by atoms with Crippen LogP contribution in [0.1, 0.15) is 37.7 Å². The topological polar surface area (TPSA) is 87.2 Å². The fourth-order valence-corrected chi connectivity index (χ4v) is 5.50. The molecule has 7 heteroatoms. The molecule has 0 bridgehead atoms. The number of ether oxygens (including phenoxy) is 1. The van der Waals surface area contributed by atoms with Gasteiger partial charge >= 0.3 is 0 Å². The van der Waals surface area contributed by atoms with Gasteiger partial charge in [0.05, 0.1) is 11.5 Å². The number of fused-ring (bicyclic) bond motifs is 4. The van der Waals surface area contributed by atoms with Crippen LogP contribution in [0.5, 0.6) is 0 Å². The predicted molar refractivity (Wildman–Crippen MR) is 104 cm³/mol. The summed E-state index contributed by atoms with van der Waals surface area (Å²) in [6, 6.07) is 7.29. The van der Waals surface area contributed by atoms with Crippen molar-refractivity contribution in [3.63, 3.8) is 0 Å². The van der Waals surface area contributed by atoms with Crippen molar-refractivity contribution in [2.75, 3.05) is 25.1 Å². The van der Waals surface area contributed by atoms with Crippen molar-refractivity contribution >= 4 is 23.3 Å². The number of anilines is 1. The van der Waals surface area contributed by atoms with Gasteiger partial charge in [-0.1, -0.05) is 24.6 Å². The molecule has 2 amide bonds. The lowest BCUT2D eigenvalue weighted by atomic mass is 9.73. The number of para-hydroxylation sites is 1. The fourth-order valence-electron chi connectivity index (χ4n) is 5.50. The fraction of sp³-hybridized carbons (Fsp3) is 0.500. The van der Waals surface area contributed by atoms with Crippen LogP contribution in [-0.4, -0.2) is 53.9 Å². The van der Waals surface area contributed by atoms with Crippen molar-refractivity contribution in [3.05, 3.63) is 41.2 Å². The Bertz CT molecular complexity index is 954. The van der Waals surface area contributed by atoms with Crippen LogP contribution in [0.2, 0.25) is 0 Å². The molecule has 1 aliphatic carbocycles. The highest BCUT2D eigenvalue weighted by Gasteiger charge is 2.67. The molecule has 3 atom stereocenters. The Morgan fingerprint density at radius 2 is 1.93 bits per heavy atom. The van der Waals surface area contributed by atoms with E-state index in [4.69, 9.17) is 4.74 Å². The van der Waals surface area contributed by atoms with Crippen molar-refractivity contribution in [3.8, 4) is 0 Å². The summed E-state index contributed by atoms with van der Waals surface area (Å²) in [5.74, 6) is -1.15. The maximum atomic E-state index is 13.7. The number of benzene rings is 1. The van der Waals surface area contributed by atoms with Crippen LogP contribution < -0.4 is 4.90 Å². The van der Waals surface area contributed by atoms with Crippen molar-refractivity contribution in [1.82, 2.24) is 4.90 Å². The first-order valence-corrected chi connectivity index (χ1v) is 10.3. The zero-order chi connectivity index (χ0) is 20.3. The molecule has 5 rings (SSSR count). The minimum absolute atomic E-state index is 0.0366. The van der Waals surface area contributed by atoms with Gasteiger partial charge in [0, 0.05) is 31.5 Å². The molecular weight excluding hydrogens is 372 g/mol. The molecule has 3 aliphatic heterocycles. The van der Waals surface area contributed by atoms with Gasteiger partial charge in [-0.25, -0.2) is 0 Å². The Labute approximate surface area is 168 Å². The number of hydrogen-bond donors (Lipinski definition) is 1. The van der Waals surface area contributed by atoms with E-state index in [9.17, 15) is 19.5 Å². The van der Waals surface area contributed by atoms with Gasteiger partial charge in [0.1, 0.15) is 6.10 Å². The third-order valence-electron chi connectivity index (χ3n) is 6.80. The van der Waals surface area contributed by atoms with Crippen molar-refractivity contribution < 1.29 is 24.2 Å². The minimum Gasteiger partial charge on any atom is -0.483 e. The van der Waals surface area contributed by atoms with Crippen LogP contribution in [0, 0.1) is 5.92 Å². The SMILES string of the molecule is CN1C(=O)C2(C3=C(OC4CCCCC4C3=O)C(=O)N2CCCO)c2ccccc21. The van der Waals surface area contributed by atoms with E-state index in [2.05, 4.69) is 0 Å². The summed E-state index contributed by atoms with van der Waals surface area (Å²) < 4.78 is 6.13. The van der Waals surface area contributed by atoms with Crippen LogP contribution in [0.4, 0.5) is 5.69 Å². The number of carbonyl (C=O) groups is 3. The molecular formula is C22H24N2O5. The van der Waals surface area contributed by atoms with E-state index in [1.165, 1.54) is 9.80 Å². The van der Waals surface area contributed by atoms with Gasteiger partial charge in [0.2, 0.25) is 0 Å². The molecule has 0 radical (unpaired) electrons. The Morgan fingerprint density at radius 3 is 2.72 bits per heavy atom. The number of hydrogen-bond acceptors (Lipinski definition) is 5. The maximum Gasteiger partial charge on any atom is 0.290 e. The normalized spacial score (nSPS) is 30.6. The first kappa shape index (κ1) is 18.4. The molecule has 0 saturated heterocycles. The second kappa shape index (κ2) is 6.42. The number of ketones is 1. The number of likely N-dealkylation sites (N-methyl/N-ethyl adjacent to an activating group) is 1. The highest BCUT2D eigenvalue weighted by Crippen LogP contribution is 2.56. The molecule has 1 saturated carbocycles. The lowest BCUT2D eigenvalue weighted by molar-refractivity contribution is -0.140. The van der Waals surface area contributed by atoms with Crippen LogP contribution in [0.15, 0.2) is 35.6 Å². The van der Waals surface area contributed by atoms with Crippen molar-refractivity contribution in [2.45, 2.75) is 43.7 Å². The molecule has 3 heterocycles. The smallest absolute Gasteiger partial charge is 0.290 e. The molecule has 1 aromatic rings. The van der Waals surface area contributed by atoms with Gasteiger partial charge in [-0.2, -0.15) is 0 Å². The number of aliphatic hydroxyl groups excluding tert-OH is 1. The van der Waals surface area contributed by atoms with Crippen molar-refractivity contribution in [2.24, 2.45) is 5.92 Å². The summed E-state index contributed by atoms with van der Waals surface area (Å²) in [7, 11) is 1.67. The molecule has 3 unspecified atom stereocenters. The van der Waals surface area contributed by atoms with E-state index in [0.29, 0.717) is 24.1 Å². The van der Waals surface area contributed by atoms with E-state index in [1.807, 2.05) is 24.3 Å². The highest BCUT2D eigenvalue weighted by atomic mass is 16.5. The molecule has 1 N–H and O–H groups in total. The van der Waals surface area contributed by atoms with Crippen LogP contribution >= 0.6 is 0 Å². The van der Waals surface area contributed by atoms with E-state index < -0.39 is 11.4 Å². The van der Waals surface area contributed by atoms with Crippen molar-refractivity contribution in [1.29, 1.82) is 0 Å². The number of rotatable bonds is 3. The molecule has 1 aromatic carbocycles. The summed E-state index contributed by atoms with van der Waals surface area (Å²) in [6.07, 6.45) is 3.39. The number of aliphatic hydroxyl groups is 1. The Hall–Kier alpha value is -2.67. The molecule has 1 fully saturated rings. The number of Topliss-reactive ketones (excluding diaryl/α,β-unsaturated/α-hetero) is 1. The van der Waals surface area contributed by atoms with E-state index in [1.54, 1.807) is 7.05 Å². The number of nitrogens with zero attached hydrogens (tertiary/aromatic N) is 2. The maximum absolute atomic E-state index is 13.7. The van der Waals surface area contributed by atoms with Crippen LogP contribution in [-0.2, 0) is 24.7 Å². The third-order valence-corrected chi connectivity index (χ3v) is 6.80. The second-order valence-electron chi connectivity index (χ2n) is 8.24. The average molecular weight is 396 g/mol. The molecule has 1 spiro atoms. The summed E-state index contributed by atoms with van der Waals surface area (Å²) in [6.45, 7) is 0.0540. The zero-order valence-electron chi connectivity index (χ0n) is 16.4. The second-order valence-corrected chi connectivity index (χ2v) is 8.24. The van der Waals surface area contributed by atoms with Gasteiger partial charge in [-0.05, 0) is 31.7 Å². The lowest BCUT2D eigenvalue weighted by Gasteiger charge is -2.38.